The standard InChI is InChI=1S/C11H15N5O/c1-2-13-11-14-8-5-3-4-6-9(8)16(11)7-10(17)15-12/h3-6H,2,7,12H2,1H3,(H,13,14)(H,15,17). The van der Waals surface area contributed by atoms with Crippen molar-refractivity contribution in [2.75, 3.05) is 11.9 Å². The number of rotatable bonds is 4. The zero-order valence-corrected chi connectivity index (χ0v) is 9.60. The molecule has 0 radical (unpaired) electrons. The van der Waals surface area contributed by atoms with Crippen LogP contribution < -0.4 is 16.6 Å². The third kappa shape index (κ3) is 2.21. The number of hydrogen-bond acceptors (Lipinski definition) is 4. The van der Waals surface area contributed by atoms with Crippen LogP contribution in [-0.4, -0.2) is 22.0 Å². The number of benzene rings is 1. The molecule has 4 N–H and O–H groups in total. The number of fused-ring (bicyclic) bond motifs is 1. The van der Waals surface area contributed by atoms with Crippen molar-refractivity contribution in [3.63, 3.8) is 0 Å². The van der Waals surface area contributed by atoms with Crippen molar-refractivity contribution in [3.05, 3.63) is 24.3 Å². The molecule has 0 aliphatic carbocycles. The highest BCUT2D eigenvalue weighted by Gasteiger charge is 2.11. The van der Waals surface area contributed by atoms with E-state index in [1.165, 1.54) is 0 Å². The number of carbonyl (C=O) groups is 1. The number of nitrogens with zero attached hydrogens (tertiary/aromatic N) is 2. The number of hydrogen-bond donors (Lipinski definition) is 3. The van der Waals surface area contributed by atoms with E-state index < -0.39 is 0 Å². The normalized spacial score (nSPS) is 10.5. The first-order valence-corrected chi connectivity index (χ1v) is 5.45. The van der Waals surface area contributed by atoms with Gasteiger partial charge in [-0.05, 0) is 19.1 Å². The van der Waals surface area contributed by atoms with E-state index in [2.05, 4.69) is 15.7 Å². The number of imidazole rings is 1. The SMILES string of the molecule is CCNc1nc2ccccc2n1CC(=O)NN. The Morgan fingerprint density at radius 1 is 1.47 bits per heavy atom. The Morgan fingerprint density at radius 3 is 2.94 bits per heavy atom. The van der Waals surface area contributed by atoms with Gasteiger partial charge in [-0.15, -0.1) is 0 Å². The number of para-hydroxylation sites is 2. The Labute approximate surface area is 98.8 Å². The summed E-state index contributed by atoms with van der Waals surface area (Å²) in [5.41, 5.74) is 3.89. The average molecular weight is 233 g/mol. The summed E-state index contributed by atoms with van der Waals surface area (Å²) in [5, 5.41) is 3.13. The van der Waals surface area contributed by atoms with Gasteiger partial charge >= 0.3 is 0 Å². The van der Waals surface area contributed by atoms with Crippen molar-refractivity contribution >= 4 is 22.9 Å². The van der Waals surface area contributed by atoms with Crippen LogP contribution in [0.15, 0.2) is 24.3 Å². The topological polar surface area (TPSA) is 85.0 Å². The maximum atomic E-state index is 11.4. The third-order valence-electron chi connectivity index (χ3n) is 2.45. The molecule has 0 aliphatic heterocycles. The van der Waals surface area contributed by atoms with Gasteiger partial charge in [-0.1, -0.05) is 12.1 Å². The Bertz CT molecular complexity index is 534. The van der Waals surface area contributed by atoms with Gasteiger partial charge in [-0.3, -0.25) is 10.2 Å². The predicted molar refractivity (Wildman–Crippen MR) is 66.2 cm³/mol. The Hall–Kier alpha value is -2.08. The molecule has 6 heteroatoms. The highest BCUT2D eigenvalue weighted by molar-refractivity contribution is 5.82. The summed E-state index contributed by atoms with van der Waals surface area (Å²) in [6.07, 6.45) is 0. The monoisotopic (exact) mass is 233 g/mol. The average Bonchev–Trinajstić information content (AvgIpc) is 2.68. The summed E-state index contributed by atoms with van der Waals surface area (Å²) in [6.45, 7) is 2.87. The van der Waals surface area contributed by atoms with Gasteiger partial charge in [0.25, 0.3) is 5.91 Å². The van der Waals surface area contributed by atoms with Crippen LogP contribution in [0.5, 0.6) is 0 Å². The summed E-state index contributed by atoms with van der Waals surface area (Å²) in [5.74, 6) is 5.52. The number of nitrogens with two attached hydrogens (primary N) is 1. The summed E-state index contributed by atoms with van der Waals surface area (Å²) in [4.78, 5) is 15.8. The second-order valence-electron chi connectivity index (χ2n) is 3.61. The van der Waals surface area contributed by atoms with E-state index in [1.807, 2.05) is 31.2 Å². The van der Waals surface area contributed by atoms with Gasteiger partial charge in [-0.25, -0.2) is 10.8 Å². The first-order chi connectivity index (χ1) is 8.26. The van der Waals surface area contributed by atoms with Crippen molar-refractivity contribution in [3.8, 4) is 0 Å². The summed E-state index contributed by atoms with van der Waals surface area (Å²) >= 11 is 0. The maximum absolute atomic E-state index is 11.4. The zero-order chi connectivity index (χ0) is 12.3. The van der Waals surface area contributed by atoms with E-state index in [9.17, 15) is 4.79 Å². The molecule has 1 aromatic carbocycles. The molecule has 90 valence electrons. The second kappa shape index (κ2) is 4.84. The molecule has 1 aromatic heterocycles. The fourth-order valence-corrected chi connectivity index (χ4v) is 1.72. The molecule has 0 bridgehead atoms. The molecule has 17 heavy (non-hydrogen) atoms. The number of hydrazine groups is 1. The van der Waals surface area contributed by atoms with Crippen molar-refractivity contribution in [2.45, 2.75) is 13.5 Å². The van der Waals surface area contributed by atoms with Crippen molar-refractivity contribution < 1.29 is 4.79 Å². The smallest absolute Gasteiger partial charge is 0.253 e. The highest BCUT2D eigenvalue weighted by atomic mass is 16.2. The Balaban J connectivity index is 2.47. The molecule has 0 fully saturated rings. The first-order valence-electron chi connectivity index (χ1n) is 5.45. The summed E-state index contributed by atoms with van der Waals surface area (Å²) in [6, 6.07) is 7.66. The molecule has 1 heterocycles. The molecule has 6 nitrogen and oxygen atoms in total. The van der Waals surface area contributed by atoms with Crippen molar-refractivity contribution in [1.82, 2.24) is 15.0 Å². The lowest BCUT2D eigenvalue weighted by Gasteiger charge is -2.08. The molecular formula is C11H15N5O. The fraction of sp³-hybridized carbons (Fsp3) is 0.273. The number of anilines is 1. The van der Waals surface area contributed by atoms with E-state index in [0.717, 1.165) is 17.6 Å². The van der Waals surface area contributed by atoms with Crippen LogP contribution in [-0.2, 0) is 11.3 Å². The maximum Gasteiger partial charge on any atom is 0.253 e. The fourth-order valence-electron chi connectivity index (χ4n) is 1.72. The lowest BCUT2D eigenvalue weighted by molar-refractivity contribution is -0.121. The van der Waals surface area contributed by atoms with Crippen molar-refractivity contribution in [1.29, 1.82) is 0 Å². The minimum atomic E-state index is -0.257. The first kappa shape index (κ1) is 11.4. The van der Waals surface area contributed by atoms with Crippen molar-refractivity contribution in [2.24, 2.45) is 5.84 Å². The molecule has 0 saturated heterocycles. The highest BCUT2D eigenvalue weighted by Crippen LogP contribution is 2.19. The Kier molecular flexibility index (Phi) is 3.24. The van der Waals surface area contributed by atoms with Crippen LogP contribution in [0.1, 0.15) is 6.92 Å². The van der Waals surface area contributed by atoms with Crippen LogP contribution in [0.25, 0.3) is 11.0 Å². The van der Waals surface area contributed by atoms with E-state index >= 15 is 0 Å². The molecule has 1 amide bonds. The van der Waals surface area contributed by atoms with E-state index in [0.29, 0.717) is 5.95 Å². The third-order valence-corrected chi connectivity index (χ3v) is 2.45. The largest absolute Gasteiger partial charge is 0.356 e. The quantitative estimate of drug-likeness (QED) is 0.407. The van der Waals surface area contributed by atoms with E-state index in [4.69, 9.17) is 5.84 Å². The molecule has 2 rings (SSSR count). The van der Waals surface area contributed by atoms with Gasteiger partial charge in [0.1, 0.15) is 6.54 Å². The van der Waals surface area contributed by atoms with Crippen LogP contribution >= 0.6 is 0 Å². The van der Waals surface area contributed by atoms with Gasteiger partial charge in [0.2, 0.25) is 5.95 Å². The van der Waals surface area contributed by atoms with Crippen LogP contribution in [0, 0.1) is 0 Å². The zero-order valence-electron chi connectivity index (χ0n) is 9.60. The van der Waals surface area contributed by atoms with Gasteiger partial charge in [-0.2, -0.15) is 0 Å². The number of amides is 1. The number of aromatic nitrogens is 2. The minimum absolute atomic E-state index is 0.152. The van der Waals surface area contributed by atoms with Crippen LogP contribution in [0.3, 0.4) is 0 Å². The molecule has 0 spiro atoms. The molecule has 0 aliphatic rings. The van der Waals surface area contributed by atoms with Gasteiger partial charge in [0.15, 0.2) is 0 Å². The minimum Gasteiger partial charge on any atom is -0.356 e. The molecule has 0 saturated carbocycles. The van der Waals surface area contributed by atoms with E-state index in [-0.39, 0.29) is 12.5 Å². The summed E-state index contributed by atoms with van der Waals surface area (Å²) in [7, 11) is 0. The predicted octanol–water partition coefficient (Wildman–Crippen LogP) is 0.458. The second-order valence-corrected chi connectivity index (χ2v) is 3.61. The molecule has 0 atom stereocenters. The molecule has 0 unspecified atom stereocenters. The number of carbonyl (C=O) groups excluding carboxylic acids is 1. The summed E-state index contributed by atoms with van der Waals surface area (Å²) < 4.78 is 1.81. The van der Waals surface area contributed by atoms with Gasteiger partial charge in [0, 0.05) is 6.54 Å². The van der Waals surface area contributed by atoms with Gasteiger partial charge < -0.3 is 9.88 Å². The lowest BCUT2D eigenvalue weighted by Crippen LogP contribution is -2.33. The lowest BCUT2D eigenvalue weighted by atomic mass is 10.3. The van der Waals surface area contributed by atoms with Crippen LogP contribution in [0.2, 0.25) is 0 Å². The Morgan fingerprint density at radius 2 is 2.24 bits per heavy atom. The molecule has 2 aromatic rings. The van der Waals surface area contributed by atoms with Crippen LogP contribution in [0.4, 0.5) is 5.95 Å². The van der Waals surface area contributed by atoms with E-state index in [1.54, 1.807) is 4.57 Å². The van der Waals surface area contributed by atoms with Gasteiger partial charge in [0.05, 0.1) is 11.0 Å². The number of nitrogens with one attached hydrogen (secondary N) is 2. The molecular weight excluding hydrogens is 218 g/mol.